The summed E-state index contributed by atoms with van der Waals surface area (Å²) in [6.07, 6.45) is 3.41. The standard InChI is InChI=1S/C12H16N4O2/c1-17-8-4-3-5-9(18-2)10(8)11(16-13)12-14-6-7-15-12/h3-7,11,16H,13H2,1-2H3,(H,14,15). The number of benzene rings is 1. The summed E-state index contributed by atoms with van der Waals surface area (Å²) in [6.45, 7) is 0. The molecule has 1 atom stereocenters. The van der Waals surface area contributed by atoms with Crippen molar-refractivity contribution in [2.45, 2.75) is 6.04 Å². The molecule has 2 aromatic rings. The summed E-state index contributed by atoms with van der Waals surface area (Å²) in [6, 6.07) is 5.23. The number of H-pyrrole nitrogens is 1. The average molecular weight is 248 g/mol. The molecule has 6 heteroatoms. The zero-order valence-corrected chi connectivity index (χ0v) is 10.3. The fraction of sp³-hybridized carbons (Fsp3) is 0.250. The van der Waals surface area contributed by atoms with Crippen molar-refractivity contribution < 1.29 is 9.47 Å². The van der Waals surface area contributed by atoms with Crippen molar-refractivity contribution in [2.75, 3.05) is 14.2 Å². The molecular formula is C12H16N4O2. The molecule has 18 heavy (non-hydrogen) atoms. The van der Waals surface area contributed by atoms with Crippen molar-refractivity contribution in [2.24, 2.45) is 5.84 Å². The van der Waals surface area contributed by atoms with Crippen molar-refractivity contribution in [3.05, 3.63) is 42.0 Å². The smallest absolute Gasteiger partial charge is 0.129 e. The number of methoxy groups -OCH3 is 2. The number of aromatic nitrogens is 2. The number of nitrogens with two attached hydrogens (primary N) is 1. The topological polar surface area (TPSA) is 85.2 Å². The van der Waals surface area contributed by atoms with Crippen LogP contribution in [0.5, 0.6) is 11.5 Å². The van der Waals surface area contributed by atoms with Crippen LogP contribution >= 0.6 is 0 Å². The highest BCUT2D eigenvalue weighted by atomic mass is 16.5. The highest BCUT2D eigenvalue weighted by Crippen LogP contribution is 2.35. The van der Waals surface area contributed by atoms with E-state index in [9.17, 15) is 0 Å². The normalized spacial score (nSPS) is 12.2. The van der Waals surface area contributed by atoms with Crippen LogP contribution in [0.4, 0.5) is 0 Å². The lowest BCUT2D eigenvalue weighted by Crippen LogP contribution is -2.30. The molecule has 0 aliphatic carbocycles. The molecular weight excluding hydrogens is 232 g/mol. The molecule has 0 amide bonds. The van der Waals surface area contributed by atoms with E-state index in [2.05, 4.69) is 15.4 Å². The van der Waals surface area contributed by atoms with Crippen LogP contribution in [-0.2, 0) is 0 Å². The van der Waals surface area contributed by atoms with E-state index in [0.29, 0.717) is 17.3 Å². The van der Waals surface area contributed by atoms with Gasteiger partial charge in [0, 0.05) is 12.4 Å². The minimum Gasteiger partial charge on any atom is -0.496 e. The molecule has 1 unspecified atom stereocenters. The lowest BCUT2D eigenvalue weighted by atomic mass is 10.0. The van der Waals surface area contributed by atoms with Crippen LogP contribution in [0.1, 0.15) is 17.4 Å². The predicted molar refractivity (Wildman–Crippen MR) is 67.3 cm³/mol. The van der Waals surface area contributed by atoms with Crippen molar-refractivity contribution in [3.8, 4) is 11.5 Å². The SMILES string of the molecule is COc1cccc(OC)c1C(NN)c1ncc[nH]1. The van der Waals surface area contributed by atoms with Gasteiger partial charge in [-0.1, -0.05) is 6.07 Å². The van der Waals surface area contributed by atoms with Crippen LogP contribution < -0.4 is 20.7 Å². The Morgan fingerprint density at radius 3 is 2.39 bits per heavy atom. The zero-order chi connectivity index (χ0) is 13.0. The minimum absolute atomic E-state index is 0.328. The number of rotatable bonds is 5. The van der Waals surface area contributed by atoms with E-state index in [-0.39, 0.29) is 6.04 Å². The molecule has 0 bridgehead atoms. The highest BCUT2D eigenvalue weighted by molar-refractivity contribution is 5.48. The average Bonchev–Trinajstić information content (AvgIpc) is 2.93. The van der Waals surface area contributed by atoms with Gasteiger partial charge in [0.15, 0.2) is 0 Å². The van der Waals surface area contributed by atoms with Crippen molar-refractivity contribution in [1.82, 2.24) is 15.4 Å². The Morgan fingerprint density at radius 1 is 1.28 bits per heavy atom. The molecule has 6 nitrogen and oxygen atoms in total. The number of imidazole rings is 1. The minimum atomic E-state index is -0.328. The maximum absolute atomic E-state index is 5.62. The Balaban J connectivity index is 2.53. The van der Waals surface area contributed by atoms with Gasteiger partial charge in [0.05, 0.1) is 19.8 Å². The first-order valence-corrected chi connectivity index (χ1v) is 5.48. The van der Waals surface area contributed by atoms with E-state index in [4.69, 9.17) is 15.3 Å². The van der Waals surface area contributed by atoms with E-state index in [1.54, 1.807) is 26.6 Å². The second-order valence-corrected chi connectivity index (χ2v) is 3.65. The van der Waals surface area contributed by atoms with Crippen molar-refractivity contribution >= 4 is 0 Å². The van der Waals surface area contributed by atoms with Gasteiger partial charge in [-0.05, 0) is 12.1 Å². The lowest BCUT2D eigenvalue weighted by Gasteiger charge is -2.19. The van der Waals surface area contributed by atoms with Gasteiger partial charge in [-0.25, -0.2) is 10.4 Å². The van der Waals surface area contributed by atoms with Crippen LogP contribution in [0.15, 0.2) is 30.6 Å². The Labute approximate surface area is 105 Å². The highest BCUT2D eigenvalue weighted by Gasteiger charge is 2.23. The summed E-state index contributed by atoms with van der Waals surface area (Å²) in [7, 11) is 3.21. The number of nitrogens with one attached hydrogen (secondary N) is 2. The second kappa shape index (κ2) is 5.52. The molecule has 1 heterocycles. The van der Waals surface area contributed by atoms with Crippen LogP contribution in [0, 0.1) is 0 Å². The maximum Gasteiger partial charge on any atom is 0.129 e. The van der Waals surface area contributed by atoms with Crippen molar-refractivity contribution in [1.29, 1.82) is 0 Å². The van der Waals surface area contributed by atoms with E-state index in [1.165, 1.54) is 0 Å². The summed E-state index contributed by atoms with van der Waals surface area (Å²) >= 11 is 0. The van der Waals surface area contributed by atoms with Crippen LogP contribution in [0.25, 0.3) is 0 Å². The van der Waals surface area contributed by atoms with Crippen molar-refractivity contribution in [3.63, 3.8) is 0 Å². The Bertz CT molecular complexity index is 477. The number of nitrogens with zero attached hydrogens (tertiary/aromatic N) is 1. The molecule has 0 aliphatic heterocycles. The van der Waals surface area contributed by atoms with E-state index >= 15 is 0 Å². The van der Waals surface area contributed by atoms with E-state index < -0.39 is 0 Å². The molecule has 0 aliphatic rings. The summed E-state index contributed by atoms with van der Waals surface area (Å²) in [5, 5.41) is 0. The van der Waals surface area contributed by atoms with Crippen LogP contribution in [-0.4, -0.2) is 24.2 Å². The molecule has 0 saturated heterocycles. The van der Waals surface area contributed by atoms with Gasteiger partial charge in [-0.2, -0.15) is 0 Å². The molecule has 0 fully saturated rings. The Hall–Kier alpha value is -2.05. The quantitative estimate of drug-likeness (QED) is 0.542. The fourth-order valence-electron chi connectivity index (χ4n) is 1.90. The van der Waals surface area contributed by atoms with Gasteiger partial charge in [0.1, 0.15) is 23.4 Å². The van der Waals surface area contributed by atoms with Crippen LogP contribution in [0.3, 0.4) is 0 Å². The van der Waals surface area contributed by atoms with Gasteiger partial charge in [-0.15, -0.1) is 0 Å². The molecule has 1 aromatic heterocycles. The number of aromatic amines is 1. The molecule has 96 valence electrons. The van der Waals surface area contributed by atoms with Gasteiger partial charge < -0.3 is 14.5 Å². The summed E-state index contributed by atoms with van der Waals surface area (Å²) in [5.41, 5.74) is 3.52. The first-order chi connectivity index (χ1) is 8.81. The van der Waals surface area contributed by atoms with Gasteiger partial charge in [0.2, 0.25) is 0 Å². The Kier molecular flexibility index (Phi) is 3.81. The number of ether oxygens (including phenoxy) is 2. The number of hydrazine groups is 1. The van der Waals surface area contributed by atoms with E-state index in [0.717, 1.165) is 5.56 Å². The molecule has 2 rings (SSSR count). The molecule has 0 saturated carbocycles. The third-order valence-electron chi connectivity index (χ3n) is 2.71. The van der Waals surface area contributed by atoms with E-state index in [1.807, 2.05) is 18.2 Å². The molecule has 1 aromatic carbocycles. The predicted octanol–water partition coefficient (Wildman–Crippen LogP) is 0.980. The maximum atomic E-state index is 5.62. The Morgan fingerprint density at radius 2 is 1.94 bits per heavy atom. The molecule has 4 N–H and O–H groups in total. The van der Waals surface area contributed by atoms with Crippen LogP contribution in [0.2, 0.25) is 0 Å². The summed E-state index contributed by atoms with van der Waals surface area (Å²) in [5.74, 6) is 7.69. The molecule has 0 radical (unpaired) electrons. The number of hydrogen-bond acceptors (Lipinski definition) is 5. The summed E-state index contributed by atoms with van der Waals surface area (Å²) in [4.78, 5) is 7.23. The van der Waals surface area contributed by atoms with Gasteiger partial charge >= 0.3 is 0 Å². The first kappa shape index (κ1) is 12.4. The zero-order valence-electron chi connectivity index (χ0n) is 10.3. The lowest BCUT2D eigenvalue weighted by molar-refractivity contribution is 0.376. The largest absolute Gasteiger partial charge is 0.496 e. The first-order valence-electron chi connectivity index (χ1n) is 5.48. The second-order valence-electron chi connectivity index (χ2n) is 3.65. The fourth-order valence-corrected chi connectivity index (χ4v) is 1.90. The molecule has 0 spiro atoms. The van der Waals surface area contributed by atoms with Gasteiger partial charge in [-0.3, -0.25) is 5.84 Å². The number of hydrogen-bond donors (Lipinski definition) is 3. The third kappa shape index (κ3) is 2.15. The monoisotopic (exact) mass is 248 g/mol. The van der Waals surface area contributed by atoms with Gasteiger partial charge in [0.25, 0.3) is 0 Å². The third-order valence-corrected chi connectivity index (χ3v) is 2.71. The summed E-state index contributed by atoms with van der Waals surface area (Å²) < 4.78 is 10.7.